The van der Waals surface area contributed by atoms with Crippen LogP contribution in [0.25, 0.3) is 21.5 Å². The highest BCUT2D eigenvalue weighted by Crippen LogP contribution is 2.41. The Hall–Kier alpha value is -2.92. The number of carbonyl (C=O) groups is 2. The van der Waals surface area contributed by atoms with Crippen LogP contribution in [0.15, 0.2) is 54.6 Å². The number of benzene rings is 3. The van der Waals surface area contributed by atoms with Crippen molar-refractivity contribution >= 4 is 33.5 Å². The normalized spacial score (nSPS) is 21.8. The summed E-state index contributed by atoms with van der Waals surface area (Å²) in [7, 11) is 0. The van der Waals surface area contributed by atoms with Gasteiger partial charge in [-0.2, -0.15) is 0 Å². The van der Waals surface area contributed by atoms with Gasteiger partial charge < -0.3 is 15.2 Å². The molecule has 1 aliphatic heterocycles. The Morgan fingerprint density at radius 3 is 2.25 bits per heavy atom. The Morgan fingerprint density at radius 1 is 1.07 bits per heavy atom. The third-order valence-corrected chi connectivity index (χ3v) is 5.60. The highest BCUT2D eigenvalue weighted by molar-refractivity contribution is 6.03. The number of fused-ring (bicyclic) bond motifs is 2. The van der Waals surface area contributed by atoms with E-state index in [1.54, 1.807) is 6.92 Å². The summed E-state index contributed by atoms with van der Waals surface area (Å²) in [4.78, 5) is 24.2. The first-order valence-electron chi connectivity index (χ1n) is 9.62. The highest BCUT2D eigenvalue weighted by atomic mass is 16.5. The predicted octanol–water partition coefficient (Wildman–Crippen LogP) is 3.70. The molecule has 0 aliphatic carbocycles. The maximum Gasteiger partial charge on any atom is 0.311 e. The van der Waals surface area contributed by atoms with Crippen molar-refractivity contribution in [1.29, 1.82) is 0 Å². The lowest BCUT2D eigenvalue weighted by Gasteiger charge is -2.24. The van der Waals surface area contributed by atoms with Crippen LogP contribution in [-0.4, -0.2) is 36.2 Å². The zero-order valence-electron chi connectivity index (χ0n) is 15.7. The Kier molecular flexibility index (Phi) is 5.01. The fourth-order valence-electron chi connectivity index (χ4n) is 4.50. The molecule has 0 unspecified atom stereocenters. The third-order valence-electron chi connectivity index (χ3n) is 5.60. The number of aliphatic carboxylic acids is 1. The molecule has 5 nitrogen and oxygen atoms in total. The summed E-state index contributed by atoms with van der Waals surface area (Å²) in [6, 6.07) is 18.0. The molecule has 0 bridgehead atoms. The number of carbonyl (C=O) groups excluding carboxylic acids is 1. The van der Waals surface area contributed by atoms with Gasteiger partial charge in [0.05, 0.1) is 18.9 Å². The molecule has 1 heterocycles. The van der Waals surface area contributed by atoms with Gasteiger partial charge in [-0.3, -0.25) is 9.59 Å². The fraction of sp³-hybridized carbons (Fsp3) is 0.304. The van der Waals surface area contributed by atoms with Gasteiger partial charge in [0.1, 0.15) is 0 Å². The molecule has 5 heteroatoms. The molecule has 28 heavy (non-hydrogen) atoms. The van der Waals surface area contributed by atoms with E-state index in [9.17, 15) is 14.7 Å². The van der Waals surface area contributed by atoms with Gasteiger partial charge in [0.2, 0.25) is 0 Å². The maximum absolute atomic E-state index is 12.8. The largest absolute Gasteiger partial charge is 0.481 e. The second-order valence-electron chi connectivity index (χ2n) is 7.23. The molecule has 3 aromatic carbocycles. The molecule has 3 atom stereocenters. The summed E-state index contributed by atoms with van der Waals surface area (Å²) in [5.41, 5.74) is 1.09. The standard InChI is InChI=1S/C23H23NO4/c1-2-28-23(27)22-18(13-24-19(22)12-20(25)26)21-16-9-5-3-7-14(16)11-15-8-4-6-10-17(15)21/h3-11,18-19,22,24H,2,12-13H2,1H3,(H,25,26)/t18-,19+,22-/m0/s1. The van der Waals surface area contributed by atoms with Crippen molar-refractivity contribution in [3.05, 3.63) is 60.2 Å². The van der Waals surface area contributed by atoms with Crippen LogP contribution in [0.5, 0.6) is 0 Å². The molecule has 0 radical (unpaired) electrons. The minimum absolute atomic E-state index is 0.108. The molecule has 0 spiro atoms. The van der Waals surface area contributed by atoms with Crippen LogP contribution in [0.2, 0.25) is 0 Å². The molecule has 144 valence electrons. The summed E-state index contributed by atoms with van der Waals surface area (Å²) in [6.45, 7) is 2.59. The molecule has 2 N–H and O–H groups in total. The van der Waals surface area contributed by atoms with Crippen molar-refractivity contribution in [1.82, 2.24) is 5.32 Å². The third kappa shape index (κ3) is 3.22. The van der Waals surface area contributed by atoms with Gasteiger partial charge in [0, 0.05) is 18.5 Å². The van der Waals surface area contributed by atoms with E-state index in [4.69, 9.17) is 4.74 Å². The number of hydrogen-bond donors (Lipinski definition) is 2. The van der Waals surface area contributed by atoms with Crippen molar-refractivity contribution in [3.8, 4) is 0 Å². The maximum atomic E-state index is 12.8. The Labute approximate surface area is 163 Å². The van der Waals surface area contributed by atoms with E-state index in [0.717, 1.165) is 27.1 Å². The predicted molar refractivity (Wildman–Crippen MR) is 108 cm³/mol. The summed E-state index contributed by atoms with van der Waals surface area (Å²) in [5.74, 6) is -1.94. The van der Waals surface area contributed by atoms with E-state index in [0.29, 0.717) is 6.54 Å². The SMILES string of the molecule is CCOC(=O)[C@@H]1[C@@H](CC(=O)O)NC[C@H]1c1c2ccccc2cc2ccccc12. The highest BCUT2D eigenvalue weighted by Gasteiger charge is 2.44. The molecular weight excluding hydrogens is 354 g/mol. The lowest BCUT2D eigenvalue weighted by Crippen LogP contribution is -2.35. The lowest BCUT2D eigenvalue weighted by atomic mass is 9.80. The van der Waals surface area contributed by atoms with Crippen LogP contribution in [0.1, 0.15) is 24.8 Å². The van der Waals surface area contributed by atoms with Crippen molar-refractivity contribution in [2.45, 2.75) is 25.3 Å². The number of hydrogen-bond acceptors (Lipinski definition) is 4. The van der Waals surface area contributed by atoms with E-state index >= 15 is 0 Å². The van der Waals surface area contributed by atoms with Crippen molar-refractivity contribution in [3.63, 3.8) is 0 Å². The van der Waals surface area contributed by atoms with Crippen molar-refractivity contribution < 1.29 is 19.4 Å². The van der Waals surface area contributed by atoms with Gasteiger partial charge in [-0.25, -0.2) is 0 Å². The average molecular weight is 377 g/mol. The van der Waals surface area contributed by atoms with Crippen molar-refractivity contribution in [2.75, 3.05) is 13.2 Å². The Balaban J connectivity index is 1.91. The number of carboxylic acid groups (broad SMARTS) is 1. The molecule has 4 rings (SSSR count). The molecule has 0 saturated carbocycles. The topological polar surface area (TPSA) is 75.6 Å². The van der Waals surface area contributed by atoms with Gasteiger partial charge in [0.25, 0.3) is 0 Å². The molecule has 1 fully saturated rings. The van der Waals surface area contributed by atoms with Crippen molar-refractivity contribution in [2.24, 2.45) is 5.92 Å². The van der Waals surface area contributed by atoms with Crippen LogP contribution >= 0.6 is 0 Å². The van der Waals surface area contributed by atoms with Crippen LogP contribution < -0.4 is 5.32 Å². The summed E-state index contributed by atoms with van der Waals surface area (Å²) >= 11 is 0. The second kappa shape index (κ2) is 7.60. The zero-order chi connectivity index (χ0) is 19.7. The molecular formula is C23H23NO4. The van der Waals surface area contributed by atoms with E-state index < -0.39 is 17.9 Å². The van der Waals surface area contributed by atoms with E-state index in [2.05, 4.69) is 35.6 Å². The number of nitrogens with one attached hydrogen (secondary N) is 1. The molecule has 1 saturated heterocycles. The summed E-state index contributed by atoms with van der Waals surface area (Å²) < 4.78 is 5.34. The van der Waals surface area contributed by atoms with E-state index in [-0.39, 0.29) is 24.9 Å². The monoisotopic (exact) mass is 377 g/mol. The minimum Gasteiger partial charge on any atom is -0.481 e. The quantitative estimate of drug-likeness (QED) is 0.524. The Morgan fingerprint density at radius 2 is 1.68 bits per heavy atom. The molecule has 0 amide bonds. The average Bonchev–Trinajstić information content (AvgIpc) is 3.08. The molecule has 0 aromatic heterocycles. The van der Waals surface area contributed by atoms with Crippen LogP contribution in [0, 0.1) is 5.92 Å². The lowest BCUT2D eigenvalue weighted by molar-refractivity contribution is -0.149. The number of ether oxygens (including phenoxy) is 1. The summed E-state index contributed by atoms with van der Waals surface area (Å²) in [6.07, 6.45) is -0.108. The zero-order valence-corrected chi connectivity index (χ0v) is 15.7. The van der Waals surface area contributed by atoms with Gasteiger partial charge in [-0.05, 0) is 40.1 Å². The van der Waals surface area contributed by atoms with E-state index in [1.165, 1.54) is 0 Å². The van der Waals surface area contributed by atoms with Crippen LogP contribution in [0.3, 0.4) is 0 Å². The van der Waals surface area contributed by atoms with Crippen LogP contribution in [-0.2, 0) is 14.3 Å². The first-order valence-corrected chi connectivity index (χ1v) is 9.62. The van der Waals surface area contributed by atoms with Gasteiger partial charge in [-0.15, -0.1) is 0 Å². The van der Waals surface area contributed by atoms with Crippen LogP contribution in [0.4, 0.5) is 0 Å². The number of esters is 1. The minimum atomic E-state index is -0.921. The fourth-order valence-corrected chi connectivity index (χ4v) is 4.50. The van der Waals surface area contributed by atoms with Gasteiger partial charge >= 0.3 is 11.9 Å². The molecule has 3 aromatic rings. The smallest absolute Gasteiger partial charge is 0.311 e. The van der Waals surface area contributed by atoms with Gasteiger partial charge in [0.15, 0.2) is 0 Å². The second-order valence-corrected chi connectivity index (χ2v) is 7.23. The van der Waals surface area contributed by atoms with Gasteiger partial charge in [-0.1, -0.05) is 48.5 Å². The van der Waals surface area contributed by atoms with E-state index in [1.807, 2.05) is 24.3 Å². The first kappa shape index (κ1) is 18.4. The number of rotatable bonds is 5. The molecule has 1 aliphatic rings. The first-order chi connectivity index (χ1) is 13.6. The summed E-state index contributed by atoms with van der Waals surface area (Å²) in [5, 5.41) is 17.0. The Bertz CT molecular complexity index is 991. The number of carboxylic acids is 1.